The lowest BCUT2D eigenvalue weighted by atomic mass is 9.66. The number of thiophene rings is 1. The largest absolute Gasteiger partial charge is 0.386 e. The van der Waals surface area contributed by atoms with Crippen LogP contribution in [0.25, 0.3) is 0 Å². The highest BCUT2D eigenvalue weighted by Crippen LogP contribution is 2.50. The molecule has 1 aromatic heterocycles. The molecule has 1 N–H and O–H groups in total. The molecule has 0 radical (unpaired) electrons. The van der Waals surface area contributed by atoms with Crippen molar-refractivity contribution in [1.82, 2.24) is 0 Å². The summed E-state index contributed by atoms with van der Waals surface area (Å²) in [5.74, 6) is 1.36. The molecule has 1 atom stereocenters. The molecule has 20 heavy (non-hydrogen) atoms. The lowest BCUT2D eigenvalue weighted by Gasteiger charge is -2.39. The lowest BCUT2D eigenvalue weighted by molar-refractivity contribution is 0.0214. The van der Waals surface area contributed by atoms with Crippen molar-refractivity contribution in [1.29, 1.82) is 5.26 Å². The molecule has 0 bridgehead atoms. The number of aryl methyl sites for hydroxylation is 1. The van der Waals surface area contributed by atoms with Crippen LogP contribution in [0.15, 0.2) is 10.5 Å². The Hall–Kier alpha value is -0.370. The second kappa shape index (κ2) is 6.17. The molecule has 0 spiro atoms. The summed E-state index contributed by atoms with van der Waals surface area (Å²) in [4.78, 5) is 2.07. The Bertz CT molecular complexity index is 490. The molecule has 1 unspecified atom stereocenters. The van der Waals surface area contributed by atoms with E-state index in [-0.39, 0.29) is 0 Å². The minimum absolute atomic E-state index is 0.595. The van der Waals surface area contributed by atoms with E-state index in [0.29, 0.717) is 11.8 Å². The van der Waals surface area contributed by atoms with E-state index in [4.69, 9.17) is 0 Å². The topological polar surface area (TPSA) is 44.0 Å². The third-order valence-electron chi connectivity index (χ3n) is 4.76. The Balaban J connectivity index is 2.18. The zero-order valence-corrected chi connectivity index (χ0v) is 14.7. The molecule has 4 heteroatoms. The minimum Gasteiger partial charge on any atom is -0.386 e. The van der Waals surface area contributed by atoms with Crippen molar-refractivity contribution in [3.8, 4) is 6.07 Å². The van der Waals surface area contributed by atoms with Gasteiger partial charge in [-0.05, 0) is 66.4 Å². The second-order valence-corrected chi connectivity index (χ2v) is 8.45. The molecule has 1 fully saturated rings. The average molecular weight is 356 g/mol. The van der Waals surface area contributed by atoms with Crippen LogP contribution < -0.4 is 0 Å². The Morgan fingerprint density at radius 3 is 2.45 bits per heavy atom. The fourth-order valence-corrected chi connectivity index (χ4v) is 4.82. The predicted octanol–water partition coefficient (Wildman–Crippen LogP) is 5.21. The van der Waals surface area contributed by atoms with E-state index in [2.05, 4.69) is 35.8 Å². The SMILES string of the molecule is Cc1sc(C(O)C2(C#N)CCC(C(C)C)CC2)cc1Br. The molecule has 2 nitrogen and oxygen atoms in total. The van der Waals surface area contributed by atoms with Gasteiger partial charge in [-0.2, -0.15) is 5.26 Å². The number of rotatable bonds is 3. The van der Waals surface area contributed by atoms with Crippen molar-refractivity contribution < 1.29 is 5.11 Å². The third-order valence-corrected chi connectivity index (χ3v) is 6.95. The first-order valence-electron chi connectivity index (χ1n) is 7.25. The van der Waals surface area contributed by atoms with Gasteiger partial charge < -0.3 is 5.11 Å². The van der Waals surface area contributed by atoms with Crippen LogP contribution in [0.2, 0.25) is 0 Å². The smallest absolute Gasteiger partial charge is 0.107 e. The van der Waals surface area contributed by atoms with Crippen LogP contribution in [0.5, 0.6) is 0 Å². The average Bonchev–Trinajstić information content (AvgIpc) is 2.77. The van der Waals surface area contributed by atoms with Crippen LogP contribution in [-0.4, -0.2) is 5.11 Å². The van der Waals surface area contributed by atoms with Gasteiger partial charge in [0.15, 0.2) is 0 Å². The van der Waals surface area contributed by atoms with Gasteiger partial charge in [0, 0.05) is 14.2 Å². The van der Waals surface area contributed by atoms with E-state index in [1.807, 2.05) is 13.0 Å². The van der Waals surface area contributed by atoms with Gasteiger partial charge in [0.1, 0.15) is 6.10 Å². The summed E-state index contributed by atoms with van der Waals surface area (Å²) < 4.78 is 1.03. The molecule has 1 aliphatic carbocycles. The summed E-state index contributed by atoms with van der Waals surface area (Å²) in [6.45, 7) is 6.53. The third kappa shape index (κ3) is 2.95. The molecular formula is C16H22BrNOS. The first-order chi connectivity index (χ1) is 9.39. The summed E-state index contributed by atoms with van der Waals surface area (Å²) in [7, 11) is 0. The maximum atomic E-state index is 10.7. The highest BCUT2D eigenvalue weighted by Gasteiger charge is 2.43. The summed E-state index contributed by atoms with van der Waals surface area (Å²) in [6, 6.07) is 4.42. The molecule has 0 saturated heterocycles. The molecule has 1 saturated carbocycles. The fourth-order valence-electron chi connectivity index (χ4n) is 3.16. The van der Waals surface area contributed by atoms with Crippen molar-refractivity contribution in [3.05, 3.63) is 20.3 Å². The van der Waals surface area contributed by atoms with Crippen LogP contribution in [0.3, 0.4) is 0 Å². The Kier molecular flexibility index (Phi) is 4.94. The highest BCUT2D eigenvalue weighted by atomic mass is 79.9. The normalized spacial score (nSPS) is 28.4. The molecule has 1 heterocycles. The van der Waals surface area contributed by atoms with Crippen molar-refractivity contribution in [2.75, 3.05) is 0 Å². The van der Waals surface area contributed by atoms with Crippen LogP contribution in [0, 0.1) is 35.5 Å². The predicted molar refractivity (Wildman–Crippen MR) is 86.6 cm³/mol. The molecular weight excluding hydrogens is 334 g/mol. The number of nitriles is 1. The van der Waals surface area contributed by atoms with E-state index in [0.717, 1.165) is 39.9 Å². The van der Waals surface area contributed by atoms with Crippen molar-refractivity contribution >= 4 is 27.3 Å². The molecule has 1 aliphatic rings. The number of halogens is 1. The highest BCUT2D eigenvalue weighted by molar-refractivity contribution is 9.10. The van der Waals surface area contributed by atoms with Crippen molar-refractivity contribution in [3.63, 3.8) is 0 Å². The van der Waals surface area contributed by atoms with E-state index in [1.54, 1.807) is 11.3 Å². The summed E-state index contributed by atoms with van der Waals surface area (Å²) in [6.07, 6.45) is 3.06. The fraction of sp³-hybridized carbons (Fsp3) is 0.688. The second-order valence-electron chi connectivity index (χ2n) is 6.30. The zero-order chi connectivity index (χ0) is 14.9. The van der Waals surface area contributed by atoms with Crippen molar-refractivity contribution in [2.24, 2.45) is 17.3 Å². The van der Waals surface area contributed by atoms with Gasteiger partial charge >= 0.3 is 0 Å². The summed E-state index contributed by atoms with van der Waals surface area (Å²) in [5, 5.41) is 20.4. The van der Waals surface area contributed by atoms with Crippen LogP contribution >= 0.6 is 27.3 Å². The zero-order valence-electron chi connectivity index (χ0n) is 12.3. The molecule has 0 aliphatic heterocycles. The van der Waals surface area contributed by atoms with Crippen LogP contribution in [0.1, 0.15) is 55.4 Å². The maximum Gasteiger partial charge on any atom is 0.107 e. The number of hydrogen-bond donors (Lipinski definition) is 1. The van der Waals surface area contributed by atoms with Gasteiger partial charge in [0.2, 0.25) is 0 Å². The van der Waals surface area contributed by atoms with Crippen molar-refractivity contribution in [2.45, 2.75) is 52.6 Å². The summed E-state index contributed by atoms with van der Waals surface area (Å²) in [5.41, 5.74) is -0.595. The Morgan fingerprint density at radius 1 is 1.45 bits per heavy atom. The summed E-state index contributed by atoms with van der Waals surface area (Å²) >= 11 is 5.08. The standard InChI is InChI=1S/C16H22BrNOS/c1-10(2)12-4-6-16(9-18,7-5-12)15(19)14-8-13(17)11(3)20-14/h8,10,12,15,19H,4-7H2,1-3H3. The number of nitrogens with zero attached hydrogens (tertiary/aromatic N) is 1. The number of hydrogen-bond acceptors (Lipinski definition) is 3. The Morgan fingerprint density at radius 2 is 2.05 bits per heavy atom. The Labute approximate surface area is 133 Å². The van der Waals surface area contributed by atoms with Gasteiger partial charge in [-0.1, -0.05) is 13.8 Å². The lowest BCUT2D eigenvalue weighted by Crippen LogP contribution is -2.33. The van der Waals surface area contributed by atoms with Crippen LogP contribution in [-0.2, 0) is 0 Å². The molecule has 0 amide bonds. The molecule has 2 rings (SSSR count). The molecule has 0 aromatic carbocycles. The van der Waals surface area contributed by atoms with Crippen LogP contribution in [0.4, 0.5) is 0 Å². The van der Waals surface area contributed by atoms with Gasteiger partial charge in [0.05, 0.1) is 11.5 Å². The maximum absolute atomic E-state index is 10.7. The molecule has 1 aromatic rings. The molecule has 110 valence electrons. The van der Waals surface area contributed by atoms with E-state index >= 15 is 0 Å². The first kappa shape index (κ1) is 16.0. The first-order valence-corrected chi connectivity index (χ1v) is 8.85. The van der Waals surface area contributed by atoms with E-state index in [1.165, 1.54) is 0 Å². The quantitative estimate of drug-likeness (QED) is 0.808. The van der Waals surface area contributed by atoms with Gasteiger partial charge in [-0.25, -0.2) is 0 Å². The minimum atomic E-state index is -0.657. The van der Waals surface area contributed by atoms with Gasteiger partial charge in [-0.15, -0.1) is 11.3 Å². The van der Waals surface area contributed by atoms with E-state index in [9.17, 15) is 10.4 Å². The number of aliphatic hydroxyl groups excluding tert-OH is 1. The van der Waals surface area contributed by atoms with Gasteiger partial charge in [-0.3, -0.25) is 0 Å². The van der Waals surface area contributed by atoms with Gasteiger partial charge in [0.25, 0.3) is 0 Å². The van der Waals surface area contributed by atoms with E-state index < -0.39 is 11.5 Å². The monoisotopic (exact) mass is 355 g/mol. The number of aliphatic hydroxyl groups is 1.